The van der Waals surface area contributed by atoms with E-state index in [2.05, 4.69) is 11.7 Å². The van der Waals surface area contributed by atoms with Gasteiger partial charge in [-0.25, -0.2) is 0 Å². The van der Waals surface area contributed by atoms with Gasteiger partial charge < -0.3 is 0 Å². The van der Waals surface area contributed by atoms with E-state index >= 15 is 0 Å². The number of rotatable bonds is 76. The number of halogens is 1. The van der Waals surface area contributed by atoms with Crippen molar-refractivity contribution >= 4 is 813 Å². The molecular weight excluding hydrogens is 2720 g/mol. The molecule has 0 aliphatic heterocycles. The minimum absolute atomic E-state index is 0.101. The van der Waals surface area contributed by atoms with Gasteiger partial charge in [-0.05, 0) is 101 Å². The fourth-order valence-corrected chi connectivity index (χ4v) is 214. The molecule has 0 amide bonds. The fraction of sp³-hybridized carbons (Fsp3) is 0. The van der Waals surface area contributed by atoms with Gasteiger partial charge in [0.1, 0.15) is 0 Å². The summed E-state index contributed by atoms with van der Waals surface area (Å²) in [6, 6.07) is 0. The Morgan fingerprint density at radius 2 is 0.277 bits per heavy atom. The van der Waals surface area contributed by atoms with Crippen LogP contribution in [-0.4, -0.2) is 3.12 Å². The molecule has 0 aromatic carbocycles. The van der Waals surface area contributed by atoms with Crippen LogP contribution in [0.2, 0.25) is 0 Å². The molecule has 0 unspecified atom stereocenters. The van der Waals surface area contributed by atoms with Crippen LogP contribution < -0.4 is 0 Å². The summed E-state index contributed by atoms with van der Waals surface area (Å²) in [5, 5.41) is 0. The van der Waals surface area contributed by atoms with Crippen molar-refractivity contribution in [3.8, 4) is 0 Å². The van der Waals surface area contributed by atoms with Gasteiger partial charge in [0.15, 0.2) is 0 Å². The van der Waals surface area contributed by atoms with E-state index in [0.29, 0.717) is 0 Å². The van der Waals surface area contributed by atoms with Crippen LogP contribution in [0.5, 0.6) is 0 Å². The molecule has 82 heteroatoms. The zero-order valence-electron chi connectivity index (χ0n) is 34.0. The smallest absolute Gasteiger partial charge is 0.266 e. The molecule has 0 aromatic heterocycles. The van der Waals surface area contributed by atoms with E-state index in [1.807, 2.05) is 550 Å². The van der Waals surface area contributed by atoms with Crippen LogP contribution in [0.4, 0.5) is 4.79 Å². The number of hydrogen-bond acceptors (Lipinski definition) is 80. The van der Waals surface area contributed by atoms with Crippen molar-refractivity contribution in [3.05, 3.63) is 0 Å². The largest absolute Gasteiger partial charge is 0.274 e. The molecule has 83 heavy (non-hydrogen) atoms. The molecule has 0 aromatic rings. The first-order chi connectivity index (χ1) is 41.0. The standard InChI is InChI=1S/CHIOS80/c2-1(3)83(5,6)82-81-80-79-78-77-76-75-74-73-72-71-70-69-68-67-66-65-64-63-62-61-60-59-58-57-56-55-54-53-52-51-50-49-48-47-46-45-44-43-42-41-40-39-38-37-36-35-34-33-32-31-30-29-28-27-26-25-24-23-22-21-20-19-18-17-16-15-14-13-12-11-10-9-8-7-4/h4H. The van der Waals surface area contributed by atoms with Crippen molar-refractivity contribution in [2.45, 2.75) is 0 Å². The van der Waals surface area contributed by atoms with E-state index < -0.39 is 6.18 Å². The fourth-order valence-electron chi connectivity index (χ4n) is 0.904. The van der Waals surface area contributed by atoms with Gasteiger partial charge in [0.2, 0.25) is 0 Å². The van der Waals surface area contributed by atoms with Crippen molar-refractivity contribution in [2.24, 2.45) is 0 Å². The summed E-state index contributed by atoms with van der Waals surface area (Å²) in [6.45, 7) is 0. The first-order valence-electron chi connectivity index (χ1n) is 13.8. The molecule has 0 rings (SSSR count). The lowest BCUT2D eigenvalue weighted by Crippen LogP contribution is -1.92. The summed E-state index contributed by atoms with van der Waals surface area (Å²) >= 11 is 16.1. The molecule has 0 saturated carbocycles. The number of carbonyl (C=O) groups is 1. The molecule has 0 N–H and O–H groups in total. The maximum Gasteiger partial charge on any atom is 0.266 e. The van der Waals surface area contributed by atoms with Crippen LogP contribution in [-0.2, 0) is 28.6 Å². The van der Waals surface area contributed by atoms with Crippen LogP contribution in [0.15, 0.2) is 0 Å². The lowest BCUT2D eigenvalue weighted by molar-refractivity contribution is 0.278. The van der Waals surface area contributed by atoms with Crippen molar-refractivity contribution in [1.82, 2.24) is 0 Å². The zero-order valence-corrected chi connectivity index (χ0v) is 102. The van der Waals surface area contributed by atoms with Crippen LogP contribution in [0.1, 0.15) is 0 Å². The molecule has 498 valence electrons. The van der Waals surface area contributed by atoms with E-state index in [4.69, 9.17) is 22.4 Å². The number of carbonyl (C=O) groups excluding carboxylic acids is 1. The third-order valence-electron chi connectivity index (χ3n) is 2.37. The van der Waals surface area contributed by atoms with Crippen LogP contribution in [0.3, 0.4) is 0 Å². The second kappa shape index (κ2) is 102. The second-order valence-electron chi connectivity index (χ2n) is 5.87. The Bertz CT molecular complexity index is 1270. The first kappa shape index (κ1) is 111. The monoisotopic (exact) mass is 2710 g/mol. The van der Waals surface area contributed by atoms with Gasteiger partial charge in [-0.3, -0.25) is 4.79 Å². The molecule has 0 heterocycles. The number of hydrogen-bond donors (Lipinski definition) is 1. The first-order valence-corrected chi connectivity index (χ1v) is 121. The summed E-state index contributed by atoms with van der Waals surface area (Å²) in [4.78, 5) is 11.4. The third-order valence-corrected chi connectivity index (χ3v) is 181. The summed E-state index contributed by atoms with van der Waals surface area (Å²) in [5.74, 6) is 0. The Hall–Kier alpha value is 28.1. The van der Waals surface area contributed by atoms with Crippen molar-refractivity contribution < 1.29 is 4.79 Å². The van der Waals surface area contributed by atoms with Gasteiger partial charge in [-0.15, -0.1) is 0 Å². The molecule has 0 atom stereocenters. The van der Waals surface area contributed by atoms with Crippen molar-refractivity contribution in [3.63, 3.8) is 0 Å². The van der Waals surface area contributed by atoms with Gasteiger partial charge in [0.05, 0.1) is 0 Å². The molecule has 0 aliphatic carbocycles. The summed E-state index contributed by atoms with van der Waals surface area (Å²) in [5.41, 5.74) is 0. The Balaban J connectivity index is 3.10. The van der Waals surface area contributed by atoms with E-state index in [0.717, 1.165) is 0 Å². The van der Waals surface area contributed by atoms with E-state index in [1.165, 1.54) is 29.5 Å². The van der Waals surface area contributed by atoms with Gasteiger partial charge in [0, 0.05) is 697 Å². The minimum atomic E-state index is -2.04. The molecule has 0 bridgehead atoms. The molecule has 0 saturated heterocycles. The predicted molar refractivity (Wildman–Crippen MR) is 627 cm³/mol. The van der Waals surface area contributed by atoms with Gasteiger partial charge in [0.25, 0.3) is 3.12 Å². The highest BCUT2D eigenvalue weighted by molar-refractivity contribution is 14.1. The Morgan fingerprint density at radius 3 is 0.361 bits per heavy atom. The highest BCUT2D eigenvalue weighted by atomic mass is 127. The molecule has 0 radical (unpaired) electrons. The lowest BCUT2D eigenvalue weighted by Gasteiger charge is -2.01. The van der Waals surface area contributed by atoms with Gasteiger partial charge >= 0.3 is 0 Å². The predicted octanol–water partition coefficient (Wildman–Crippen LogP) is 50.7. The van der Waals surface area contributed by atoms with Crippen LogP contribution in [0.25, 0.3) is 0 Å². The second-order valence-corrected chi connectivity index (χ2v) is 150. The maximum atomic E-state index is 11.4. The van der Waals surface area contributed by atoms with Crippen LogP contribution >= 0.6 is 781 Å². The molecule has 0 aliphatic rings. The minimum Gasteiger partial charge on any atom is -0.274 e. The summed E-state index contributed by atoms with van der Waals surface area (Å²) < 4.78 is -0.101. The summed E-state index contributed by atoms with van der Waals surface area (Å²) in [7, 11) is 136. The Kier molecular flexibility index (Phi) is 137. The highest BCUT2D eigenvalue weighted by Crippen LogP contribution is 2.72. The van der Waals surface area contributed by atoms with Gasteiger partial charge in [-0.2, -0.15) is 0 Å². The van der Waals surface area contributed by atoms with Crippen LogP contribution in [0, 0.1) is 0 Å². The molecular formula is CHIOS80. The zero-order chi connectivity index (χ0) is 59.8. The Labute approximate surface area is 794 Å². The molecule has 0 spiro atoms. The molecule has 1 nitrogen and oxygen atoms in total. The topological polar surface area (TPSA) is 17.1 Å². The van der Waals surface area contributed by atoms with E-state index in [1.54, 1.807) is 190 Å². The normalized spacial score (nSPS) is 11.9. The van der Waals surface area contributed by atoms with E-state index in [-0.39, 0.29) is 3.12 Å². The maximum absolute atomic E-state index is 11.4. The lowest BCUT2D eigenvalue weighted by atomic mass is 11.8. The number of thiol groups is 1. The SMILES string of the molecule is O=C(I)S(=S)(=S)SSSSSSSSSSSSSSSSSSSSSSSSSSSSSSSSSSSSSSSSSSSSSSSSSSSSSSSSSSSSSSSSSSSSSSSSSSSSS. The summed E-state index contributed by atoms with van der Waals surface area (Å²) in [6.07, 6.45) is -2.04. The Morgan fingerprint density at radius 1 is 0.193 bits per heavy atom. The average Bonchev–Trinajstić information content (AvgIpc) is 3.48. The third kappa shape index (κ3) is 102. The van der Waals surface area contributed by atoms with Crippen molar-refractivity contribution in [2.75, 3.05) is 0 Å². The molecule has 0 fully saturated rings. The van der Waals surface area contributed by atoms with Gasteiger partial charge in [-0.1, -0.05) is 11.7 Å². The van der Waals surface area contributed by atoms with E-state index in [9.17, 15) is 4.79 Å². The van der Waals surface area contributed by atoms with Crippen molar-refractivity contribution in [1.29, 1.82) is 0 Å². The highest BCUT2D eigenvalue weighted by Gasteiger charge is 2.12. The average molecular weight is 2720 g/mol. The quantitative estimate of drug-likeness (QED) is 0.0205.